The monoisotopic (exact) mass is 370 g/mol. The zero-order valence-electron chi connectivity index (χ0n) is 13.4. The fraction of sp³-hybridized carbons (Fsp3) is 0. The molecule has 0 spiro atoms. The summed E-state index contributed by atoms with van der Waals surface area (Å²) in [5.41, 5.74) is 5.12. The Morgan fingerprint density at radius 2 is 1.35 bits per heavy atom. The van der Waals surface area contributed by atoms with E-state index in [2.05, 4.69) is 33.2 Å². The molecule has 4 nitrogen and oxygen atoms in total. The third-order valence-corrected chi connectivity index (χ3v) is 6.70. The molecule has 122 valence electrons. The lowest BCUT2D eigenvalue weighted by atomic mass is 10.1. The molecule has 0 amide bonds. The van der Waals surface area contributed by atoms with Gasteiger partial charge in [0.1, 0.15) is 11.0 Å². The molecule has 26 heavy (non-hydrogen) atoms. The first kappa shape index (κ1) is 14.2. The average molecular weight is 370 g/mol. The highest BCUT2D eigenvalue weighted by atomic mass is 32.1. The van der Waals surface area contributed by atoms with Crippen LogP contribution in [0.3, 0.4) is 0 Å². The Morgan fingerprint density at radius 3 is 2.23 bits per heavy atom. The first-order valence-electron chi connectivity index (χ1n) is 8.13. The lowest BCUT2D eigenvalue weighted by Gasteiger charge is -2.01. The highest BCUT2D eigenvalue weighted by Crippen LogP contribution is 2.36. The van der Waals surface area contributed by atoms with E-state index in [4.69, 9.17) is 4.98 Å². The Morgan fingerprint density at radius 1 is 0.615 bits per heavy atom. The molecule has 0 saturated heterocycles. The summed E-state index contributed by atoms with van der Waals surface area (Å²) in [5, 5.41) is 1.11. The van der Waals surface area contributed by atoms with Crippen molar-refractivity contribution in [1.29, 1.82) is 0 Å². The molecule has 0 unspecified atom stereocenters. The number of hydrogen-bond donors (Lipinski definition) is 0. The molecule has 6 heterocycles. The summed E-state index contributed by atoms with van der Waals surface area (Å²) in [7, 11) is 0. The predicted octanol–water partition coefficient (Wildman–Crippen LogP) is 5.67. The molecule has 0 radical (unpaired) electrons. The predicted molar refractivity (Wildman–Crippen MR) is 109 cm³/mol. The summed E-state index contributed by atoms with van der Waals surface area (Å²) >= 11 is 3.47. The van der Waals surface area contributed by atoms with Gasteiger partial charge < -0.3 is 0 Å². The first-order valence-corrected chi connectivity index (χ1v) is 9.76. The van der Waals surface area contributed by atoms with Crippen LogP contribution in [0.1, 0.15) is 0 Å². The van der Waals surface area contributed by atoms with Crippen molar-refractivity contribution in [3.05, 3.63) is 61.3 Å². The van der Waals surface area contributed by atoms with Crippen LogP contribution < -0.4 is 0 Å². The molecular formula is C20H10N4S2. The molecule has 6 heteroatoms. The van der Waals surface area contributed by atoms with E-state index >= 15 is 0 Å². The van der Waals surface area contributed by atoms with Gasteiger partial charge >= 0.3 is 0 Å². The molecule has 0 aliphatic heterocycles. The van der Waals surface area contributed by atoms with E-state index < -0.39 is 0 Å². The van der Waals surface area contributed by atoms with Crippen LogP contribution in [0, 0.1) is 0 Å². The second-order valence-corrected chi connectivity index (χ2v) is 8.24. The van der Waals surface area contributed by atoms with Gasteiger partial charge in [0.05, 0.1) is 19.6 Å². The third kappa shape index (κ3) is 2.00. The van der Waals surface area contributed by atoms with Crippen molar-refractivity contribution in [2.75, 3.05) is 0 Å². The van der Waals surface area contributed by atoms with E-state index in [-0.39, 0.29) is 0 Å². The second-order valence-electron chi connectivity index (χ2n) is 6.07. The molecule has 0 fully saturated rings. The van der Waals surface area contributed by atoms with Gasteiger partial charge in [-0.25, -0.2) is 0 Å². The van der Waals surface area contributed by atoms with Crippen LogP contribution in [0.4, 0.5) is 0 Å². The number of aromatic nitrogens is 4. The van der Waals surface area contributed by atoms with E-state index in [0.29, 0.717) is 0 Å². The molecule has 0 aliphatic rings. The molecule has 6 aromatic heterocycles. The van der Waals surface area contributed by atoms with Crippen molar-refractivity contribution >= 4 is 63.4 Å². The Kier molecular flexibility index (Phi) is 2.88. The normalized spacial score (nSPS) is 11.8. The van der Waals surface area contributed by atoms with Crippen LogP contribution in [-0.2, 0) is 0 Å². The summed E-state index contributed by atoms with van der Waals surface area (Å²) in [6, 6.07) is 10.5. The van der Waals surface area contributed by atoms with Gasteiger partial charge in [-0.15, -0.1) is 22.7 Å². The number of thiophene rings is 2. The molecule has 0 atom stereocenters. The maximum atomic E-state index is 4.70. The fourth-order valence-electron chi connectivity index (χ4n) is 3.28. The fourth-order valence-corrected chi connectivity index (χ4v) is 5.41. The lowest BCUT2D eigenvalue weighted by Crippen LogP contribution is -1.83. The van der Waals surface area contributed by atoms with Gasteiger partial charge in [0, 0.05) is 52.2 Å². The number of fused-ring (bicyclic) bond motifs is 6. The van der Waals surface area contributed by atoms with Gasteiger partial charge in [0.15, 0.2) is 0 Å². The minimum Gasteiger partial charge on any atom is -0.264 e. The second kappa shape index (κ2) is 5.27. The Labute approximate surface area is 155 Å². The van der Waals surface area contributed by atoms with Gasteiger partial charge in [0.25, 0.3) is 0 Å². The van der Waals surface area contributed by atoms with Gasteiger partial charge in [-0.3, -0.25) is 19.9 Å². The smallest absolute Gasteiger partial charge is 0.107 e. The Balaban J connectivity index is 1.57. The lowest BCUT2D eigenvalue weighted by molar-refractivity contribution is 1.36. The Hall–Kier alpha value is -2.96. The SMILES string of the molecule is c1cnc2c(c1)sc1cc(-c3cnc4c(c3)sc3ccncc34)cnc12. The molecular weight excluding hydrogens is 360 g/mol. The van der Waals surface area contributed by atoms with Crippen molar-refractivity contribution in [2.24, 2.45) is 0 Å². The Bertz CT molecular complexity index is 1340. The van der Waals surface area contributed by atoms with Crippen molar-refractivity contribution in [3.63, 3.8) is 0 Å². The van der Waals surface area contributed by atoms with Gasteiger partial charge in [-0.1, -0.05) is 0 Å². The summed E-state index contributed by atoms with van der Waals surface area (Å²) < 4.78 is 4.70. The average Bonchev–Trinajstić information content (AvgIpc) is 3.24. The molecule has 0 bridgehead atoms. The summed E-state index contributed by atoms with van der Waals surface area (Å²) in [4.78, 5) is 18.1. The minimum absolute atomic E-state index is 0.969. The highest BCUT2D eigenvalue weighted by molar-refractivity contribution is 7.26. The molecule has 0 N–H and O–H groups in total. The van der Waals surface area contributed by atoms with Crippen LogP contribution in [0.2, 0.25) is 0 Å². The van der Waals surface area contributed by atoms with Crippen molar-refractivity contribution in [2.45, 2.75) is 0 Å². The molecule has 6 rings (SSSR count). The van der Waals surface area contributed by atoms with E-state index in [9.17, 15) is 0 Å². The van der Waals surface area contributed by atoms with E-state index in [1.165, 1.54) is 9.40 Å². The van der Waals surface area contributed by atoms with Crippen LogP contribution in [0.15, 0.2) is 61.3 Å². The van der Waals surface area contributed by atoms with Crippen molar-refractivity contribution in [1.82, 2.24) is 19.9 Å². The maximum Gasteiger partial charge on any atom is 0.107 e. The number of nitrogens with zero attached hydrogens (tertiary/aromatic N) is 4. The number of pyridine rings is 4. The van der Waals surface area contributed by atoms with Gasteiger partial charge in [-0.05, 0) is 30.3 Å². The zero-order chi connectivity index (χ0) is 17.1. The van der Waals surface area contributed by atoms with Crippen LogP contribution in [0.25, 0.3) is 51.9 Å². The molecule has 6 aromatic rings. The summed E-state index contributed by atoms with van der Waals surface area (Å²) in [6.07, 6.45) is 9.37. The van der Waals surface area contributed by atoms with Gasteiger partial charge in [0.2, 0.25) is 0 Å². The molecule has 0 saturated carbocycles. The largest absolute Gasteiger partial charge is 0.264 e. The van der Waals surface area contributed by atoms with E-state index in [0.717, 1.165) is 42.5 Å². The van der Waals surface area contributed by atoms with Crippen LogP contribution in [-0.4, -0.2) is 19.9 Å². The van der Waals surface area contributed by atoms with Crippen molar-refractivity contribution in [3.8, 4) is 11.1 Å². The zero-order valence-corrected chi connectivity index (χ0v) is 15.0. The van der Waals surface area contributed by atoms with E-state index in [1.807, 2.05) is 43.1 Å². The van der Waals surface area contributed by atoms with Crippen LogP contribution >= 0.6 is 22.7 Å². The van der Waals surface area contributed by atoms with E-state index in [1.54, 1.807) is 22.7 Å². The minimum atomic E-state index is 0.969. The summed E-state index contributed by atoms with van der Waals surface area (Å²) in [5.74, 6) is 0. The highest BCUT2D eigenvalue weighted by Gasteiger charge is 2.11. The number of rotatable bonds is 1. The first-order chi connectivity index (χ1) is 12.9. The van der Waals surface area contributed by atoms with Crippen molar-refractivity contribution < 1.29 is 0 Å². The summed E-state index contributed by atoms with van der Waals surface area (Å²) in [6.45, 7) is 0. The standard InChI is InChI=1S/C20H10N4S2/c1-2-15-19(22-4-1)20-17(26-15)7-12(9-24-20)11-6-16-18(23-8-11)13-10-21-5-3-14(13)25-16/h1-10H. The molecule has 0 aliphatic carbocycles. The van der Waals surface area contributed by atoms with Crippen LogP contribution in [0.5, 0.6) is 0 Å². The topological polar surface area (TPSA) is 51.6 Å². The third-order valence-electron chi connectivity index (χ3n) is 4.51. The molecule has 0 aromatic carbocycles. The number of hydrogen-bond acceptors (Lipinski definition) is 6. The quantitative estimate of drug-likeness (QED) is 0.374. The van der Waals surface area contributed by atoms with Gasteiger partial charge in [-0.2, -0.15) is 0 Å². The maximum absolute atomic E-state index is 4.70.